The fourth-order valence-corrected chi connectivity index (χ4v) is 5.13. The molecule has 4 aromatic carbocycles. The Hall–Kier alpha value is -3.01. The molecule has 0 aromatic heterocycles. The average Bonchev–Trinajstić information content (AvgIpc) is 3.43. The van der Waals surface area contributed by atoms with E-state index >= 15 is 0 Å². The van der Waals surface area contributed by atoms with E-state index in [1.54, 1.807) is 7.11 Å². The zero-order chi connectivity index (χ0) is 23.5. The van der Waals surface area contributed by atoms with E-state index in [1.165, 1.54) is 64.6 Å². The summed E-state index contributed by atoms with van der Waals surface area (Å²) in [5.41, 5.74) is 6.43. The summed E-state index contributed by atoms with van der Waals surface area (Å²) >= 11 is 0. The van der Waals surface area contributed by atoms with Gasteiger partial charge < -0.3 is 15.0 Å². The summed E-state index contributed by atoms with van der Waals surface area (Å²) in [5.74, 6) is 0.893. The molecule has 1 saturated heterocycles. The number of anilines is 1. The van der Waals surface area contributed by atoms with Crippen molar-refractivity contribution in [2.45, 2.75) is 38.8 Å². The Morgan fingerprint density at radius 1 is 0.771 bits per heavy atom. The highest BCUT2D eigenvalue weighted by molar-refractivity contribution is 5.97. The van der Waals surface area contributed by atoms with Crippen molar-refractivity contribution in [1.29, 1.82) is 0 Å². The average molecular weight is 487 g/mol. The standard InChI is InChI=1S/C31H34N2O.ClH/c1-22(25-10-8-11-29(20-25)34-3)32-23(2)27-19-26-9-4-5-12-30(26)31(21-27)24-13-15-28(16-14-24)33-17-6-7-18-33;/h4-5,8-16,19-23,32H,6-7,17-18H2,1-3H3;1H/t22-,23?;/m1./s1. The molecular weight excluding hydrogens is 452 g/mol. The normalized spacial score (nSPS) is 15.0. The largest absolute Gasteiger partial charge is 0.497 e. The van der Waals surface area contributed by atoms with Crippen LogP contribution in [0.5, 0.6) is 5.75 Å². The maximum absolute atomic E-state index is 5.42. The minimum absolute atomic E-state index is 0. The molecule has 0 bridgehead atoms. The van der Waals surface area contributed by atoms with E-state index in [0.29, 0.717) is 0 Å². The molecule has 182 valence electrons. The van der Waals surface area contributed by atoms with Crippen LogP contribution in [0.2, 0.25) is 0 Å². The van der Waals surface area contributed by atoms with Crippen LogP contribution in [0, 0.1) is 0 Å². The molecule has 0 aliphatic carbocycles. The third-order valence-corrected chi connectivity index (χ3v) is 7.13. The van der Waals surface area contributed by atoms with Gasteiger partial charge in [0.25, 0.3) is 0 Å². The molecule has 1 aliphatic rings. The molecule has 1 heterocycles. The van der Waals surface area contributed by atoms with Crippen LogP contribution < -0.4 is 15.0 Å². The van der Waals surface area contributed by atoms with Gasteiger partial charge in [-0.25, -0.2) is 0 Å². The first-order chi connectivity index (χ1) is 16.6. The highest BCUT2D eigenvalue weighted by Gasteiger charge is 2.16. The molecule has 0 spiro atoms. The van der Waals surface area contributed by atoms with Crippen molar-refractivity contribution in [3.8, 4) is 16.9 Å². The van der Waals surface area contributed by atoms with Gasteiger partial charge in [-0.05, 0) is 96.1 Å². The fourth-order valence-electron chi connectivity index (χ4n) is 5.13. The zero-order valence-electron chi connectivity index (χ0n) is 20.8. The number of nitrogens with one attached hydrogen (secondary N) is 1. The molecule has 4 aromatic rings. The number of methoxy groups -OCH3 is 1. The van der Waals surface area contributed by atoms with Gasteiger partial charge in [0.2, 0.25) is 0 Å². The third-order valence-electron chi connectivity index (χ3n) is 7.13. The number of rotatable bonds is 7. The molecule has 5 rings (SSSR count). The Labute approximate surface area is 215 Å². The van der Waals surface area contributed by atoms with Crippen molar-refractivity contribution >= 4 is 28.9 Å². The Bertz CT molecular complexity index is 1260. The molecule has 0 radical (unpaired) electrons. The lowest BCUT2D eigenvalue weighted by molar-refractivity contribution is 0.412. The second kappa shape index (κ2) is 11.2. The molecule has 4 heteroatoms. The quantitative estimate of drug-likeness (QED) is 0.287. The summed E-state index contributed by atoms with van der Waals surface area (Å²) < 4.78 is 5.42. The fraction of sp³-hybridized carbons (Fsp3) is 0.290. The van der Waals surface area contributed by atoms with Gasteiger partial charge in [-0.2, -0.15) is 0 Å². The SMILES string of the molecule is COc1cccc([C@@H](C)NC(C)c2cc(-c3ccc(N4CCCC4)cc3)c3ccccc3c2)c1.Cl. The minimum Gasteiger partial charge on any atom is -0.497 e. The van der Waals surface area contributed by atoms with Crippen LogP contribution >= 0.6 is 12.4 Å². The second-order valence-electron chi connectivity index (χ2n) is 9.42. The molecular formula is C31H35ClN2O. The van der Waals surface area contributed by atoms with Crippen molar-refractivity contribution < 1.29 is 4.74 Å². The predicted octanol–water partition coefficient (Wildman–Crippen LogP) is 7.95. The topological polar surface area (TPSA) is 24.5 Å². The Morgan fingerprint density at radius 3 is 2.23 bits per heavy atom. The van der Waals surface area contributed by atoms with E-state index < -0.39 is 0 Å². The summed E-state index contributed by atoms with van der Waals surface area (Å²) in [5, 5.41) is 6.37. The van der Waals surface area contributed by atoms with Gasteiger partial charge in [-0.1, -0.05) is 48.5 Å². The van der Waals surface area contributed by atoms with E-state index in [2.05, 4.69) is 103 Å². The lowest BCUT2D eigenvalue weighted by Gasteiger charge is -2.23. The maximum atomic E-state index is 5.42. The summed E-state index contributed by atoms with van der Waals surface area (Å²) in [6, 6.07) is 31.3. The zero-order valence-corrected chi connectivity index (χ0v) is 21.6. The van der Waals surface area contributed by atoms with Gasteiger partial charge in [-0.3, -0.25) is 0 Å². The molecule has 35 heavy (non-hydrogen) atoms. The van der Waals surface area contributed by atoms with Crippen LogP contribution in [-0.4, -0.2) is 20.2 Å². The molecule has 0 saturated carbocycles. The second-order valence-corrected chi connectivity index (χ2v) is 9.42. The van der Waals surface area contributed by atoms with Gasteiger partial charge in [0.15, 0.2) is 0 Å². The number of benzene rings is 4. The molecule has 1 N–H and O–H groups in total. The molecule has 0 amide bonds. The van der Waals surface area contributed by atoms with Crippen LogP contribution in [0.4, 0.5) is 5.69 Å². The van der Waals surface area contributed by atoms with Crippen LogP contribution in [0.1, 0.15) is 49.9 Å². The molecule has 1 aliphatic heterocycles. The molecule has 3 nitrogen and oxygen atoms in total. The summed E-state index contributed by atoms with van der Waals surface area (Å²) in [4.78, 5) is 2.49. The van der Waals surface area contributed by atoms with E-state index in [4.69, 9.17) is 4.74 Å². The highest BCUT2D eigenvalue weighted by Crippen LogP contribution is 2.34. The van der Waals surface area contributed by atoms with E-state index in [9.17, 15) is 0 Å². The van der Waals surface area contributed by atoms with Crippen LogP contribution in [-0.2, 0) is 0 Å². The highest BCUT2D eigenvalue weighted by atomic mass is 35.5. The minimum atomic E-state index is 0. The lowest BCUT2D eigenvalue weighted by Crippen LogP contribution is -2.22. The monoisotopic (exact) mass is 486 g/mol. The number of fused-ring (bicyclic) bond motifs is 1. The van der Waals surface area contributed by atoms with Gasteiger partial charge in [0.05, 0.1) is 7.11 Å². The first kappa shape index (κ1) is 25.1. The van der Waals surface area contributed by atoms with Crippen molar-refractivity contribution in [3.63, 3.8) is 0 Å². The van der Waals surface area contributed by atoms with Crippen LogP contribution in [0.25, 0.3) is 21.9 Å². The summed E-state index contributed by atoms with van der Waals surface area (Å²) in [6.07, 6.45) is 2.60. The van der Waals surface area contributed by atoms with Crippen LogP contribution in [0.15, 0.2) is 84.9 Å². The van der Waals surface area contributed by atoms with E-state index in [0.717, 1.165) is 5.75 Å². The van der Waals surface area contributed by atoms with Crippen molar-refractivity contribution in [2.24, 2.45) is 0 Å². The first-order valence-electron chi connectivity index (χ1n) is 12.4. The predicted molar refractivity (Wildman–Crippen MR) is 151 cm³/mol. The number of hydrogen-bond acceptors (Lipinski definition) is 3. The maximum Gasteiger partial charge on any atom is 0.119 e. The van der Waals surface area contributed by atoms with Gasteiger partial charge in [0.1, 0.15) is 5.75 Å². The van der Waals surface area contributed by atoms with Crippen molar-refractivity contribution in [1.82, 2.24) is 5.32 Å². The van der Waals surface area contributed by atoms with Gasteiger partial charge >= 0.3 is 0 Å². The molecule has 1 unspecified atom stereocenters. The Kier molecular flexibility index (Phi) is 8.00. The summed E-state index contributed by atoms with van der Waals surface area (Å²) in [7, 11) is 1.72. The Balaban J connectivity index is 0.00000289. The Morgan fingerprint density at radius 2 is 1.49 bits per heavy atom. The van der Waals surface area contributed by atoms with E-state index in [1.807, 2.05) is 6.07 Å². The lowest BCUT2D eigenvalue weighted by atomic mass is 9.93. The number of halogens is 1. The number of hydrogen-bond donors (Lipinski definition) is 1. The van der Waals surface area contributed by atoms with Crippen molar-refractivity contribution in [2.75, 3.05) is 25.1 Å². The van der Waals surface area contributed by atoms with Gasteiger partial charge in [-0.15, -0.1) is 12.4 Å². The number of ether oxygens (including phenoxy) is 1. The molecule has 1 fully saturated rings. The molecule has 2 atom stereocenters. The number of nitrogens with zero attached hydrogens (tertiary/aromatic N) is 1. The summed E-state index contributed by atoms with van der Waals surface area (Å²) in [6.45, 7) is 6.81. The third kappa shape index (κ3) is 5.47. The first-order valence-corrected chi connectivity index (χ1v) is 12.4. The van der Waals surface area contributed by atoms with Gasteiger partial charge in [0, 0.05) is 30.9 Å². The van der Waals surface area contributed by atoms with E-state index in [-0.39, 0.29) is 24.5 Å². The smallest absolute Gasteiger partial charge is 0.119 e. The van der Waals surface area contributed by atoms with Crippen molar-refractivity contribution in [3.05, 3.63) is 96.1 Å². The van der Waals surface area contributed by atoms with Crippen LogP contribution in [0.3, 0.4) is 0 Å².